The van der Waals surface area contributed by atoms with Crippen LogP contribution in [0.5, 0.6) is 0 Å². The highest BCUT2D eigenvalue weighted by Crippen LogP contribution is 2.35. The number of imidazole rings is 1. The molecule has 0 saturated heterocycles. The number of aromatic nitrogens is 4. The highest BCUT2D eigenvalue weighted by atomic mass is 16.6. The Morgan fingerprint density at radius 2 is 1.79 bits per heavy atom. The summed E-state index contributed by atoms with van der Waals surface area (Å²) in [5, 5.41) is 2.69. The number of oxazole rings is 1. The van der Waals surface area contributed by atoms with Crippen LogP contribution in [-0.2, 0) is 35.5 Å². The highest BCUT2D eigenvalue weighted by Gasteiger charge is 2.31. The smallest absolute Gasteiger partial charge is 0.420 e. The van der Waals surface area contributed by atoms with Crippen LogP contribution in [0.1, 0.15) is 89.1 Å². The standard InChI is InChI=1S/C32H40N6O5/c1-31(2,3)42-29(39)34-17-27-35-22(20-41-27)18-37(25-15-9-11-21-12-10-16-33-28(21)25)19-26-36-23-13-7-8-14-24(23)38(26)30(40)43-32(4,5)6/h7-8,10,12-14,16,20,25H,9,11,15,17-19H2,1-6H3,(H,34,39). The fraction of sp³-hybridized carbons (Fsp3) is 0.469. The summed E-state index contributed by atoms with van der Waals surface area (Å²) in [4.78, 5) is 42.1. The molecule has 1 aliphatic carbocycles. The number of hydrogen-bond donors (Lipinski definition) is 1. The number of alkyl carbamates (subject to hydrolysis) is 1. The zero-order valence-corrected chi connectivity index (χ0v) is 25.7. The Balaban J connectivity index is 1.45. The predicted molar refractivity (Wildman–Crippen MR) is 160 cm³/mol. The number of carbonyl (C=O) groups is 2. The maximum atomic E-state index is 13.5. The third-order valence-corrected chi connectivity index (χ3v) is 6.90. The number of rotatable bonds is 7. The lowest BCUT2D eigenvalue weighted by atomic mass is 9.90. The normalized spacial score (nSPS) is 15.4. The van der Waals surface area contributed by atoms with Crippen molar-refractivity contribution in [3.05, 3.63) is 77.5 Å². The van der Waals surface area contributed by atoms with Crippen molar-refractivity contribution in [3.63, 3.8) is 0 Å². The third-order valence-electron chi connectivity index (χ3n) is 6.90. The molecule has 3 heterocycles. The number of nitrogens with one attached hydrogen (secondary N) is 1. The van der Waals surface area contributed by atoms with E-state index in [4.69, 9.17) is 23.9 Å². The van der Waals surface area contributed by atoms with Gasteiger partial charge in [-0.25, -0.2) is 24.1 Å². The third kappa shape index (κ3) is 7.59. The van der Waals surface area contributed by atoms with Crippen molar-refractivity contribution in [3.8, 4) is 0 Å². The largest absolute Gasteiger partial charge is 0.447 e. The zero-order valence-electron chi connectivity index (χ0n) is 25.7. The van der Waals surface area contributed by atoms with E-state index >= 15 is 0 Å². The van der Waals surface area contributed by atoms with Crippen LogP contribution in [0.4, 0.5) is 9.59 Å². The van der Waals surface area contributed by atoms with Crippen molar-refractivity contribution >= 4 is 23.2 Å². The van der Waals surface area contributed by atoms with Crippen LogP contribution in [0.25, 0.3) is 11.0 Å². The Morgan fingerprint density at radius 3 is 2.56 bits per heavy atom. The molecule has 1 atom stereocenters. The fourth-order valence-corrected chi connectivity index (χ4v) is 5.26. The molecule has 1 amide bonds. The fourth-order valence-electron chi connectivity index (χ4n) is 5.26. The number of hydrogen-bond acceptors (Lipinski definition) is 9. The van der Waals surface area contributed by atoms with Crippen LogP contribution in [-0.4, -0.2) is 47.8 Å². The Bertz CT molecular complexity index is 1600. The average molecular weight is 589 g/mol. The second-order valence-electron chi connectivity index (χ2n) is 12.8. The average Bonchev–Trinajstić information content (AvgIpc) is 3.53. The van der Waals surface area contributed by atoms with Gasteiger partial charge in [-0.2, -0.15) is 0 Å². The topological polar surface area (TPSA) is 125 Å². The molecule has 1 unspecified atom stereocenters. The van der Waals surface area contributed by atoms with Crippen LogP contribution in [0.15, 0.2) is 53.3 Å². The lowest BCUT2D eigenvalue weighted by Crippen LogP contribution is -2.34. The van der Waals surface area contributed by atoms with E-state index in [1.165, 1.54) is 5.56 Å². The van der Waals surface area contributed by atoms with Crippen molar-refractivity contribution in [1.82, 2.24) is 29.7 Å². The zero-order chi connectivity index (χ0) is 30.8. The Kier molecular flexibility index (Phi) is 8.55. The van der Waals surface area contributed by atoms with Gasteiger partial charge in [0.1, 0.15) is 23.3 Å². The van der Waals surface area contributed by atoms with E-state index in [0.717, 1.165) is 25.0 Å². The van der Waals surface area contributed by atoms with E-state index < -0.39 is 23.4 Å². The van der Waals surface area contributed by atoms with Gasteiger partial charge in [-0.3, -0.25) is 9.88 Å². The molecule has 3 aromatic heterocycles. The summed E-state index contributed by atoms with van der Waals surface area (Å²) in [6.45, 7) is 11.8. The summed E-state index contributed by atoms with van der Waals surface area (Å²) in [5.41, 5.74) is 3.04. The molecule has 0 bridgehead atoms. The van der Waals surface area contributed by atoms with Crippen LogP contribution < -0.4 is 5.32 Å². The van der Waals surface area contributed by atoms with Crippen molar-refractivity contribution < 1.29 is 23.5 Å². The van der Waals surface area contributed by atoms with Gasteiger partial charge in [-0.15, -0.1) is 0 Å². The van der Waals surface area contributed by atoms with Crippen LogP contribution >= 0.6 is 0 Å². The van der Waals surface area contributed by atoms with Gasteiger partial charge in [-0.05, 0) is 84.6 Å². The molecule has 228 valence electrons. The van der Waals surface area contributed by atoms with Gasteiger partial charge in [0.05, 0.1) is 41.6 Å². The Morgan fingerprint density at radius 1 is 1.02 bits per heavy atom. The number of nitrogens with zero attached hydrogens (tertiary/aromatic N) is 5. The van der Waals surface area contributed by atoms with Crippen molar-refractivity contribution in [2.75, 3.05) is 0 Å². The number of aryl methyl sites for hydroxylation is 1. The summed E-state index contributed by atoms with van der Waals surface area (Å²) in [5.74, 6) is 0.929. The van der Waals surface area contributed by atoms with Gasteiger partial charge in [-0.1, -0.05) is 18.2 Å². The van der Waals surface area contributed by atoms with Crippen molar-refractivity contribution in [2.24, 2.45) is 0 Å². The number of amides is 1. The van der Waals surface area contributed by atoms with Gasteiger partial charge >= 0.3 is 12.2 Å². The lowest BCUT2D eigenvalue weighted by Gasteiger charge is -2.34. The van der Waals surface area contributed by atoms with E-state index in [2.05, 4.69) is 21.3 Å². The molecule has 4 aromatic rings. The summed E-state index contributed by atoms with van der Waals surface area (Å²) in [7, 11) is 0. The second-order valence-corrected chi connectivity index (χ2v) is 12.8. The van der Waals surface area contributed by atoms with Crippen LogP contribution in [0.2, 0.25) is 0 Å². The number of ether oxygens (including phenoxy) is 2. The molecule has 1 aromatic carbocycles. The van der Waals surface area contributed by atoms with E-state index in [9.17, 15) is 9.59 Å². The number of fused-ring (bicyclic) bond motifs is 2. The van der Waals surface area contributed by atoms with Gasteiger partial charge in [0.25, 0.3) is 0 Å². The maximum absolute atomic E-state index is 13.5. The molecular formula is C32H40N6O5. The van der Waals surface area contributed by atoms with Gasteiger partial charge < -0.3 is 19.2 Å². The minimum atomic E-state index is -0.671. The van der Waals surface area contributed by atoms with E-state index in [1.54, 1.807) is 31.6 Å². The van der Waals surface area contributed by atoms with Crippen LogP contribution in [0, 0.1) is 0 Å². The number of pyridine rings is 1. The van der Waals surface area contributed by atoms with Crippen molar-refractivity contribution in [1.29, 1.82) is 0 Å². The van der Waals surface area contributed by atoms with E-state index in [-0.39, 0.29) is 12.6 Å². The first kappa shape index (κ1) is 30.2. The minimum absolute atomic E-state index is 0.0307. The number of benzene rings is 1. The van der Waals surface area contributed by atoms with Gasteiger partial charge in [0.2, 0.25) is 5.89 Å². The minimum Gasteiger partial charge on any atom is -0.447 e. The lowest BCUT2D eigenvalue weighted by molar-refractivity contribution is 0.0511. The molecule has 43 heavy (non-hydrogen) atoms. The number of carbonyl (C=O) groups excluding carboxylic acids is 2. The first-order valence-electron chi connectivity index (χ1n) is 14.6. The van der Waals surface area contributed by atoms with E-state index in [1.807, 2.05) is 57.3 Å². The molecular weight excluding hydrogens is 548 g/mol. The molecule has 0 aliphatic heterocycles. The molecule has 11 heteroatoms. The van der Waals surface area contributed by atoms with Crippen molar-refractivity contribution in [2.45, 2.75) is 97.7 Å². The van der Waals surface area contributed by atoms with Gasteiger partial charge in [0.15, 0.2) is 0 Å². The summed E-state index contributed by atoms with van der Waals surface area (Å²) in [6.07, 6.45) is 5.26. The molecule has 1 N–H and O–H groups in total. The molecule has 0 radical (unpaired) electrons. The predicted octanol–water partition coefficient (Wildman–Crippen LogP) is 6.31. The molecule has 0 saturated carbocycles. The van der Waals surface area contributed by atoms with E-state index in [0.29, 0.717) is 41.5 Å². The summed E-state index contributed by atoms with van der Waals surface area (Å²) < 4.78 is 18.4. The maximum Gasteiger partial charge on any atom is 0.420 e. The quantitative estimate of drug-likeness (QED) is 0.264. The van der Waals surface area contributed by atoms with Crippen LogP contribution in [0.3, 0.4) is 0 Å². The van der Waals surface area contributed by atoms with Gasteiger partial charge in [0, 0.05) is 12.7 Å². The number of para-hydroxylation sites is 2. The molecule has 5 rings (SSSR count). The SMILES string of the molecule is CC(C)(C)OC(=O)NCc1nc(CN(Cc2nc3ccccc3n2C(=O)OC(C)(C)C)C2CCCc3cccnc32)co1. The molecule has 1 aliphatic rings. The summed E-state index contributed by atoms with van der Waals surface area (Å²) in [6, 6.07) is 11.6. The molecule has 11 nitrogen and oxygen atoms in total. The Labute approximate surface area is 251 Å². The molecule has 0 fully saturated rings. The monoisotopic (exact) mass is 588 g/mol. The highest BCUT2D eigenvalue weighted by molar-refractivity contribution is 5.87. The summed E-state index contributed by atoms with van der Waals surface area (Å²) >= 11 is 0. The first-order chi connectivity index (χ1) is 20.4. The first-order valence-corrected chi connectivity index (χ1v) is 14.6. The second kappa shape index (κ2) is 12.2. The molecule has 0 spiro atoms. The Hall–Kier alpha value is -4.25.